The molecule has 0 heterocycles. The topological polar surface area (TPSA) is 134 Å². The van der Waals surface area contributed by atoms with E-state index in [2.05, 4.69) is 92.8 Å². The van der Waals surface area contributed by atoms with Crippen molar-refractivity contribution < 1.29 is 37.6 Å². The Hall–Kier alpha value is -2.81. The Morgan fingerprint density at radius 2 is 0.705 bits per heavy atom. The summed E-state index contributed by atoms with van der Waals surface area (Å²) < 4.78 is 33.0. The smallest absolute Gasteiger partial charge is 0.462 e. The summed E-state index contributed by atoms with van der Waals surface area (Å²) in [5, 5.41) is 0. The van der Waals surface area contributed by atoms with Crippen LogP contribution in [-0.4, -0.2) is 49.3 Å². The van der Waals surface area contributed by atoms with E-state index in [0.29, 0.717) is 12.8 Å². The van der Waals surface area contributed by atoms with Crippen LogP contribution in [0.25, 0.3) is 0 Å². The van der Waals surface area contributed by atoms with E-state index in [1.807, 2.05) is 6.08 Å². The first-order valence-corrected chi connectivity index (χ1v) is 34.1. The van der Waals surface area contributed by atoms with Gasteiger partial charge in [0.25, 0.3) is 0 Å². The van der Waals surface area contributed by atoms with Gasteiger partial charge in [-0.05, 0) is 64.2 Å². The number of phosphoric acid groups is 1. The van der Waals surface area contributed by atoms with Crippen molar-refractivity contribution in [2.45, 2.75) is 309 Å². The lowest BCUT2D eigenvalue weighted by molar-refractivity contribution is -0.161. The van der Waals surface area contributed by atoms with Gasteiger partial charge >= 0.3 is 19.8 Å². The quantitative estimate of drug-likeness (QED) is 0.0264. The molecule has 0 rings (SSSR count). The van der Waals surface area contributed by atoms with E-state index in [1.165, 1.54) is 199 Å². The van der Waals surface area contributed by atoms with E-state index < -0.39 is 32.5 Å². The molecular formula is C68H122NO8P. The molecule has 0 amide bonds. The number of phosphoric ester groups is 1. The summed E-state index contributed by atoms with van der Waals surface area (Å²) in [7, 11) is -4.41. The minimum Gasteiger partial charge on any atom is -0.462 e. The average Bonchev–Trinajstić information content (AvgIpc) is 3.43. The molecule has 10 heteroatoms. The second-order valence-corrected chi connectivity index (χ2v) is 23.1. The predicted octanol–water partition coefficient (Wildman–Crippen LogP) is 21.0. The van der Waals surface area contributed by atoms with Crippen molar-refractivity contribution in [2.24, 2.45) is 5.73 Å². The molecule has 0 radical (unpaired) electrons. The van der Waals surface area contributed by atoms with Crippen molar-refractivity contribution in [3.8, 4) is 0 Å². The Morgan fingerprint density at radius 1 is 0.397 bits per heavy atom. The molecule has 0 aromatic rings. The number of hydrogen-bond acceptors (Lipinski definition) is 8. The minimum absolute atomic E-state index is 0.0412. The molecule has 9 nitrogen and oxygen atoms in total. The van der Waals surface area contributed by atoms with Crippen molar-refractivity contribution >= 4 is 19.8 Å². The van der Waals surface area contributed by atoms with Crippen LogP contribution in [0.4, 0.5) is 0 Å². The molecule has 0 saturated heterocycles. The number of hydrogen-bond donors (Lipinski definition) is 2. The molecule has 0 aliphatic carbocycles. The fourth-order valence-corrected chi connectivity index (χ4v) is 10.0. The highest BCUT2D eigenvalue weighted by molar-refractivity contribution is 7.47. The van der Waals surface area contributed by atoms with Crippen LogP contribution < -0.4 is 5.73 Å². The molecule has 0 aromatic carbocycles. The molecule has 0 aliphatic heterocycles. The van der Waals surface area contributed by atoms with Gasteiger partial charge in [0.15, 0.2) is 6.10 Å². The van der Waals surface area contributed by atoms with Crippen LogP contribution in [0.1, 0.15) is 303 Å². The average molecular weight is 1110 g/mol. The first-order chi connectivity index (χ1) is 38.3. The van der Waals surface area contributed by atoms with Crippen molar-refractivity contribution in [3.63, 3.8) is 0 Å². The number of unbranched alkanes of at least 4 members (excludes halogenated alkanes) is 34. The number of ether oxygens (including phenoxy) is 2. The first kappa shape index (κ1) is 75.2. The molecule has 2 unspecified atom stereocenters. The summed E-state index contributed by atoms with van der Waals surface area (Å²) >= 11 is 0. The largest absolute Gasteiger partial charge is 0.472 e. The van der Waals surface area contributed by atoms with Gasteiger partial charge in [-0.3, -0.25) is 18.6 Å². The van der Waals surface area contributed by atoms with Gasteiger partial charge in [-0.15, -0.1) is 0 Å². The zero-order valence-corrected chi connectivity index (χ0v) is 51.5. The van der Waals surface area contributed by atoms with Crippen LogP contribution in [0, 0.1) is 0 Å². The van der Waals surface area contributed by atoms with E-state index in [-0.39, 0.29) is 32.6 Å². The van der Waals surface area contributed by atoms with Crippen LogP contribution in [-0.2, 0) is 32.7 Å². The van der Waals surface area contributed by atoms with Gasteiger partial charge in [0, 0.05) is 19.4 Å². The Bertz CT molecular complexity index is 1550. The van der Waals surface area contributed by atoms with Crippen molar-refractivity contribution in [2.75, 3.05) is 26.4 Å². The molecule has 0 saturated carbocycles. The summed E-state index contributed by atoms with van der Waals surface area (Å²) in [4.78, 5) is 35.2. The summed E-state index contributed by atoms with van der Waals surface area (Å²) in [6.45, 7) is 3.60. The van der Waals surface area contributed by atoms with Gasteiger partial charge in [0.2, 0.25) is 0 Å². The highest BCUT2D eigenvalue weighted by Gasteiger charge is 2.26. The van der Waals surface area contributed by atoms with Gasteiger partial charge in [-0.2, -0.15) is 0 Å². The van der Waals surface area contributed by atoms with Gasteiger partial charge in [0.1, 0.15) is 6.61 Å². The number of carbonyl (C=O) groups excluding carboxylic acids is 2. The van der Waals surface area contributed by atoms with Gasteiger partial charge in [-0.1, -0.05) is 311 Å². The SMILES string of the molecule is CC/C=C\C/C=C\C/C=C\C/C=C\C/C=C\C/C=C\C/C=C\CCCC(=O)OC(COC(=O)CCCCCCCCCCCCCCCCCCCCCCCCCCCCCCCCCCCC)COP(=O)(O)OCCN. The summed E-state index contributed by atoms with van der Waals surface area (Å²) in [5.74, 6) is -0.891. The third-order valence-corrected chi connectivity index (χ3v) is 15.0. The molecule has 2 atom stereocenters. The lowest BCUT2D eigenvalue weighted by Crippen LogP contribution is -2.29. The van der Waals surface area contributed by atoms with Gasteiger partial charge in [-0.25, -0.2) is 4.57 Å². The van der Waals surface area contributed by atoms with Crippen molar-refractivity contribution in [1.82, 2.24) is 0 Å². The van der Waals surface area contributed by atoms with Gasteiger partial charge < -0.3 is 20.1 Å². The maximum Gasteiger partial charge on any atom is 0.472 e. The molecular weight excluding hydrogens is 990 g/mol. The Labute approximate surface area is 481 Å². The summed E-state index contributed by atoms with van der Waals surface area (Å²) in [6.07, 6.45) is 84.1. The lowest BCUT2D eigenvalue weighted by Gasteiger charge is -2.19. The van der Waals surface area contributed by atoms with Crippen molar-refractivity contribution in [1.29, 1.82) is 0 Å². The third kappa shape index (κ3) is 62.4. The van der Waals surface area contributed by atoms with E-state index in [0.717, 1.165) is 64.2 Å². The first-order valence-electron chi connectivity index (χ1n) is 32.6. The van der Waals surface area contributed by atoms with Crippen LogP contribution in [0.3, 0.4) is 0 Å². The monoisotopic (exact) mass is 1110 g/mol. The summed E-state index contributed by atoms with van der Waals surface area (Å²) in [6, 6.07) is 0. The highest BCUT2D eigenvalue weighted by atomic mass is 31.2. The summed E-state index contributed by atoms with van der Waals surface area (Å²) in [5.41, 5.74) is 5.38. The maximum atomic E-state index is 12.7. The fraction of sp³-hybridized carbons (Fsp3) is 0.765. The second kappa shape index (κ2) is 63.4. The van der Waals surface area contributed by atoms with E-state index in [9.17, 15) is 19.0 Å². The molecule has 0 bridgehead atoms. The number of nitrogens with two attached hydrogens (primary N) is 1. The predicted molar refractivity (Wildman–Crippen MR) is 335 cm³/mol. The van der Waals surface area contributed by atoms with E-state index in [4.69, 9.17) is 24.3 Å². The van der Waals surface area contributed by atoms with Crippen LogP contribution in [0.2, 0.25) is 0 Å². The standard InChI is InChI=1S/C68H122NO8P/c1-3-5-7-9-11-13-15-17-19-21-23-25-27-28-29-30-31-32-33-34-35-36-37-39-40-42-44-46-48-50-52-54-56-58-60-67(70)74-64-66(65-76-78(72,73)75-63-62-69)77-68(71)61-59-57-55-53-51-49-47-45-43-41-38-26-24-22-20-18-16-14-12-10-8-6-4-2/h6,8,12,14,18,20,24,26,41,43,47,49,53,55,66H,3-5,7,9-11,13,15-17,19,21-23,25,27-40,42,44-46,48,50-52,54,56-65,69H2,1-2H3,(H,72,73)/b8-6-,14-12-,20-18-,26-24-,43-41-,49-47-,55-53-. The molecule has 78 heavy (non-hydrogen) atoms. The lowest BCUT2D eigenvalue weighted by atomic mass is 10.0. The van der Waals surface area contributed by atoms with E-state index >= 15 is 0 Å². The minimum atomic E-state index is -4.41. The Kier molecular flexibility index (Phi) is 61.1. The normalized spacial score (nSPS) is 13.5. The molecule has 452 valence electrons. The van der Waals surface area contributed by atoms with Crippen molar-refractivity contribution in [3.05, 3.63) is 85.1 Å². The molecule has 0 aromatic heterocycles. The van der Waals surface area contributed by atoms with E-state index in [1.54, 1.807) is 0 Å². The molecule has 0 fully saturated rings. The Morgan fingerprint density at radius 3 is 1.04 bits per heavy atom. The zero-order chi connectivity index (χ0) is 56.6. The second-order valence-electron chi connectivity index (χ2n) is 21.6. The van der Waals surface area contributed by atoms with Crippen LogP contribution in [0.5, 0.6) is 0 Å². The number of carbonyl (C=O) groups is 2. The highest BCUT2D eigenvalue weighted by Crippen LogP contribution is 2.43. The maximum absolute atomic E-state index is 12.7. The van der Waals surface area contributed by atoms with Crippen LogP contribution >= 0.6 is 7.82 Å². The number of allylic oxidation sites excluding steroid dienone is 14. The molecule has 0 aliphatic rings. The number of esters is 2. The molecule has 0 spiro atoms. The zero-order valence-electron chi connectivity index (χ0n) is 50.6. The Balaban J connectivity index is 3.91. The van der Waals surface area contributed by atoms with Crippen LogP contribution in [0.15, 0.2) is 85.1 Å². The molecule has 3 N–H and O–H groups in total. The fourth-order valence-electron chi connectivity index (χ4n) is 9.28. The van der Waals surface area contributed by atoms with Gasteiger partial charge in [0.05, 0.1) is 13.2 Å². The third-order valence-electron chi connectivity index (χ3n) is 14.0. The number of rotatable bonds is 61.